The molecule has 1 saturated heterocycles. The van der Waals surface area contributed by atoms with Crippen LogP contribution in [0.1, 0.15) is 18.4 Å². The maximum absolute atomic E-state index is 12.0. The van der Waals surface area contributed by atoms with Gasteiger partial charge in [-0.1, -0.05) is 6.07 Å². The summed E-state index contributed by atoms with van der Waals surface area (Å²) in [4.78, 5) is 17.9. The van der Waals surface area contributed by atoms with Crippen LogP contribution in [0.15, 0.2) is 24.5 Å². The third kappa shape index (κ3) is 3.27. The Morgan fingerprint density at radius 2 is 2.47 bits per heavy atom. The maximum atomic E-state index is 12.0. The molecule has 1 aliphatic heterocycles. The fourth-order valence-corrected chi connectivity index (χ4v) is 2.27. The Morgan fingerprint density at radius 1 is 1.59 bits per heavy atom. The number of likely N-dealkylation sites (tertiary alicyclic amines) is 1. The molecule has 0 saturated carbocycles. The Hall–Kier alpha value is -1.42. The molecule has 0 radical (unpaired) electrons. The number of amides is 1. The number of hydrogen-bond donors (Lipinski definition) is 1. The van der Waals surface area contributed by atoms with Gasteiger partial charge in [0.25, 0.3) is 0 Å². The van der Waals surface area contributed by atoms with Crippen LogP contribution >= 0.6 is 0 Å². The van der Waals surface area contributed by atoms with Gasteiger partial charge in [-0.25, -0.2) is 0 Å². The minimum Gasteiger partial charge on any atom is -0.396 e. The molecule has 1 fully saturated rings. The van der Waals surface area contributed by atoms with Crippen molar-refractivity contribution in [3.63, 3.8) is 0 Å². The lowest BCUT2D eigenvalue weighted by molar-refractivity contribution is -0.129. The van der Waals surface area contributed by atoms with Crippen molar-refractivity contribution < 1.29 is 9.90 Å². The van der Waals surface area contributed by atoms with E-state index in [2.05, 4.69) is 4.98 Å². The zero-order chi connectivity index (χ0) is 12.1. The van der Waals surface area contributed by atoms with Crippen molar-refractivity contribution in [2.75, 3.05) is 19.7 Å². The highest BCUT2D eigenvalue weighted by Gasteiger charge is 2.25. The smallest absolute Gasteiger partial charge is 0.227 e. The predicted molar refractivity (Wildman–Crippen MR) is 64.3 cm³/mol. The van der Waals surface area contributed by atoms with E-state index in [1.54, 1.807) is 12.4 Å². The van der Waals surface area contributed by atoms with Crippen molar-refractivity contribution in [3.8, 4) is 0 Å². The first-order valence-corrected chi connectivity index (χ1v) is 6.07. The molecule has 2 heterocycles. The first kappa shape index (κ1) is 12.0. The summed E-state index contributed by atoms with van der Waals surface area (Å²) in [5.74, 6) is 0.635. The third-order valence-corrected chi connectivity index (χ3v) is 3.25. The fraction of sp³-hybridized carbons (Fsp3) is 0.538. The lowest BCUT2D eigenvalue weighted by Gasteiger charge is -2.16. The average molecular weight is 234 g/mol. The lowest BCUT2D eigenvalue weighted by Crippen LogP contribution is -2.30. The van der Waals surface area contributed by atoms with E-state index in [9.17, 15) is 4.79 Å². The second-order valence-electron chi connectivity index (χ2n) is 4.54. The monoisotopic (exact) mass is 234 g/mol. The molecular weight excluding hydrogens is 216 g/mol. The Kier molecular flexibility index (Phi) is 4.09. The van der Waals surface area contributed by atoms with Gasteiger partial charge in [-0.3, -0.25) is 9.78 Å². The summed E-state index contributed by atoms with van der Waals surface area (Å²) in [6, 6.07) is 3.77. The molecule has 0 aromatic carbocycles. The molecule has 0 aliphatic carbocycles. The Morgan fingerprint density at radius 3 is 3.18 bits per heavy atom. The summed E-state index contributed by atoms with van der Waals surface area (Å²) in [7, 11) is 0. The van der Waals surface area contributed by atoms with Gasteiger partial charge in [-0.15, -0.1) is 0 Å². The predicted octanol–water partition coefficient (Wildman–Crippen LogP) is 0.855. The second-order valence-corrected chi connectivity index (χ2v) is 4.54. The first-order valence-electron chi connectivity index (χ1n) is 6.07. The number of nitrogens with zero attached hydrogens (tertiary/aromatic N) is 2. The van der Waals surface area contributed by atoms with Crippen LogP contribution in [-0.4, -0.2) is 40.6 Å². The van der Waals surface area contributed by atoms with Crippen LogP contribution in [0, 0.1) is 5.92 Å². The van der Waals surface area contributed by atoms with E-state index in [-0.39, 0.29) is 12.5 Å². The van der Waals surface area contributed by atoms with Gasteiger partial charge in [-0.2, -0.15) is 0 Å². The van der Waals surface area contributed by atoms with Crippen molar-refractivity contribution in [1.82, 2.24) is 9.88 Å². The van der Waals surface area contributed by atoms with Gasteiger partial charge >= 0.3 is 0 Å². The van der Waals surface area contributed by atoms with Crippen molar-refractivity contribution in [2.24, 2.45) is 5.92 Å². The van der Waals surface area contributed by atoms with E-state index in [1.807, 2.05) is 17.0 Å². The number of aliphatic hydroxyl groups is 1. The number of carbonyl (C=O) groups is 1. The molecule has 1 aliphatic rings. The highest BCUT2D eigenvalue weighted by atomic mass is 16.3. The number of pyridine rings is 1. The van der Waals surface area contributed by atoms with Crippen LogP contribution in [-0.2, 0) is 11.2 Å². The van der Waals surface area contributed by atoms with E-state index in [1.165, 1.54) is 0 Å². The molecule has 4 nitrogen and oxygen atoms in total. The van der Waals surface area contributed by atoms with Crippen molar-refractivity contribution in [1.29, 1.82) is 0 Å². The molecule has 4 heteroatoms. The second kappa shape index (κ2) is 5.77. The molecule has 1 N–H and O–H groups in total. The van der Waals surface area contributed by atoms with Gasteiger partial charge in [-0.05, 0) is 30.4 Å². The van der Waals surface area contributed by atoms with Crippen LogP contribution in [0.2, 0.25) is 0 Å². The third-order valence-electron chi connectivity index (χ3n) is 3.25. The lowest BCUT2D eigenvalue weighted by atomic mass is 10.1. The van der Waals surface area contributed by atoms with Gasteiger partial charge in [0.15, 0.2) is 0 Å². The minimum absolute atomic E-state index is 0.165. The molecule has 1 aromatic rings. The summed E-state index contributed by atoms with van der Waals surface area (Å²) in [6.07, 6.45) is 5.69. The molecule has 17 heavy (non-hydrogen) atoms. The number of rotatable bonds is 4. The van der Waals surface area contributed by atoms with Gasteiger partial charge in [0.2, 0.25) is 5.91 Å². The Bertz CT molecular complexity index is 367. The topological polar surface area (TPSA) is 53.4 Å². The molecular formula is C13H18N2O2. The van der Waals surface area contributed by atoms with Gasteiger partial charge in [0.1, 0.15) is 0 Å². The van der Waals surface area contributed by atoms with E-state index in [4.69, 9.17) is 5.11 Å². The van der Waals surface area contributed by atoms with Gasteiger partial charge < -0.3 is 10.0 Å². The van der Waals surface area contributed by atoms with Crippen LogP contribution in [0.4, 0.5) is 0 Å². The zero-order valence-corrected chi connectivity index (χ0v) is 9.88. The summed E-state index contributed by atoms with van der Waals surface area (Å²) in [5.41, 5.74) is 0.961. The van der Waals surface area contributed by atoms with E-state index < -0.39 is 0 Å². The van der Waals surface area contributed by atoms with Crippen LogP contribution in [0.5, 0.6) is 0 Å². The molecule has 1 amide bonds. The number of aliphatic hydroxyl groups excluding tert-OH is 1. The van der Waals surface area contributed by atoms with Crippen LogP contribution < -0.4 is 0 Å². The molecule has 1 unspecified atom stereocenters. The fourth-order valence-electron chi connectivity index (χ4n) is 2.27. The van der Waals surface area contributed by atoms with Crippen molar-refractivity contribution in [3.05, 3.63) is 30.1 Å². The molecule has 1 aromatic heterocycles. The largest absolute Gasteiger partial charge is 0.396 e. The number of aromatic nitrogens is 1. The Labute approximate surface area is 101 Å². The average Bonchev–Trinajstić information content (AvgIpc) is 2.79. The molecule has 2 rings (SSSR count). The van der Waals surface area contributed by atoms with Crippen LogP contribution in [0.3, 0.4) is 0 Å². The molecule has 1 atom stereocenters. The maximum Gasteiger partial charge on any atom is 0.227 e. The number of hydrogen-bond acceptors (Lipinski definition) is 3. The quantitative estimate of drug-likeness (QED) is 0.840. The van der Waals surface area contributed by atoms with Crippen LogP contribution in [0.25, 0.3) is 0 Å². The SMILES string of the molecule is O=C(Cc1cccnc1)N1CCC(CCO)C1. The normalized spacial score (nSPS) is 19.6. The number of carbonyl (C=O) groups excluding carboxylic acids is 1. The highest BCUT2D eigenvalue weighted by Crippen LogP contribution is 2.19. The first-order chi connectivity index (χ1) is 8.29. The van der Waals surface area contributed by atoms with Gasteiger partial charge in [0, 0.05) is 32.1 Å². The van der Waals surface area contributed by atoms with Crippen molar-refractivity contribution in [2.45, 2.75) is 19.3 Å². The van der Waals surface area contributed by atoms with E-state index in [0.717, 1.165) is 31.5 Å². The standard InChI is InChI=1S/C13H18N2O2/c16-7-4-11-3-6-15(10-11)13(17)8-12-2-1-5-14-9-12/h1-2,5,9,11,16H,3-4,6-8,10H2. The summed E-state index contributed by atoms with van der Waals surface area (Å²) in [5, 5.41) is 8.88. The van der Waals surface area contributed by atoms with Crippen molar-refractivity contribution >= 4 is 5.91 Å². The Balaban J connectivity index is 1.85. The van der Waals surface area contributed by atoms with E-state index >= 15 is 0 Å². The summed E-state index contributed by atoms with van der Waals surface area (Å²) >= 11 is 0. The summed E-state index contributed by atoms with van der Waals surface area (Å²) in [6.45, 7) is 1.83. The summed E-state index contributed by atoms with van der Waals surface area (Å²) < 4.78 is 0. The van der Waals surface area contributed by atoms with Gasteiger partial charge in [0.05, 0.1) is 6.42 Å². The minimum atomic E-state index is 0.165. The molecule has 92 valence electrons. The zero-order valence-electron chi connectivity index (χ0n) is 9.88. The molecule has 0 spiro atoms. The van der Waals surface area contributed by atoms with E-state index in [0.29, 0.717) is 12.3 Å². The molecule has 0 bridgehead atoms. The highest BCUT2D eigenvalue weighted by molar-refractivity contribution is 5.78.